The molecule has 6 nitrogen and oxygen atoms in total. The molecule has 1 aromatic rings. The van der Waals surface area contributed by atoms with Gasteiger partial charge in [0, 0.05) is 12.5 Å². The number of nitrogens with zero attached hydrogens (tertiary/aromatic N) is 1. The highest BCUT2D eigenvalue weighted by Gasteiger charge is 2.37. The number of carboxylic acids is 1. The zero-order valence-electron chi connectivity index (χ0n) is 10.7. The van der Waals surface area contributed by atoms with Crippen LogP contribution in [0.2, 0.25) is 0 Å². The summed E-state index contributed by atoms with van der Waals surface area (Å²) in [6.45, 7) is 0.318. The zero-order valence-corrected chi connectivity index (χ0v) is 10.7. The fraction of sp³-hybridized carbons (Fsp3) is 0.615. The Morgan fingerprint density at radius 1 is 1.37 bits per heavy atom. The summed E-state index contributed by atoms with van der Waals surface area (Å²) in [5, 5.41) is 15.4. The van der Waals surface area contributed by atoms with Crippen molar-refractivity contribution in [2.24, 2.45) is 5.41 Å². The number of amides is 1. The Bertz CT molecular complexity index is 436. The predicted octanol–water partition coefficient (Wildman–Crippen LogP) is 1.72. The SMILES string of the molecule is O=C(O)CC1(CC(=O)NCc2ccon2)CCCC1. The van der Waals surface area contributed by atoms with Crippen molar-refractivity contribution >= 4 is 11.9 Å². The van der Waals surface area contributed by atoms with Gasteiger partial charge in [0.2, 0.25) is 5.91 Å². The quantitative estimate of drug-likeness (QED) is 0.817. The van der Waals surface area contributed by atoms with Crippen molar-refractivity contribution in [1.82, 2.24) is 10.5 Å². The number of carboxylic acid groups (broad SMARTS) is 1. The monoisotopic (exact) mass is 266 g/mol. The maximum absolute atomic E-state index is 11.9. The van der Waals surface area contributed by atoms with Gasteiger partial charge in [0.1, 0.15) is 12.0 Å². The molecule has 0 radical (unpaired) electrons. The molecule has 2 N–H and O–H groups in total. The van der Waals surface area contributed by atoms with E-state index < -0.39 is 5.97 Å². The fourth-order valence-corrected chi connectivity index (χ4v) is 2.78. The molecule has 0 aliphatic heterocycles. The minimum absolute atomic E-state index is 0.0738. The van der Waals surface area contributed by atoms with Crippen LogP contribution in [0, 0.1) is 5.41 Å². The number of aliphatic carboxylic acids is 1. The van der Waals surface area contributed by atoms with Crippen LogP contribution < -0.4 is 5.32 Å². The van der Waals surface area contributed by atoms with Crippen LogP contribution in [-0.4, -0.2) is 22.1 Å². The average molecular weight is 266 g/mol. The molecule has 2 rings (SSSR count). The minimum atomic E-state index is -0.828. The standard InChI is InChI=1S/C13H18N2O4/c16-11(14-9-10-3-6-19-15-10)7-13(8-12(17)18)4-1-2-5-13/h3,6H,1-2,4-5,7-9H2,(H,14,16)(H,17,18). The number of hydrogen-bond donors (Lipinski definition) is 2. The average Bonchev–Trinajstić information content (AvgIpc) is 2.97. The van der Waals surface area contributed by atoms with Gasteiger partial charge in [0.15, 0.2) is 0 Å². The molecule has 104 valence electrons. The van der Waals surface area contributed by atoms with Gasteiger partial charge in [0.05, 0.1) is 13.0 Å². The van der Waals surface area contributed by atoms with Crippen LogP contribution in [0.5, 0.6) is 0 Å². The lowest BCUT2D eigenvalue weighted by molar-refractivity contribution is -0.140. The summed E-state index contributed by atoms with van der Waals surface area (Å²) in [6.07, 6.45) is 5.44. The van der Waals surface area contributed by atoms with E-state index in [-0.39, 0.29) is 24.2 Å². The lowest BCUT2D eigenvalue weighted by Gasteiger charge is -2.26. The molecule has 0 spiro atoms. The summed E-state index contributed by atoms with van der Waals surface area (Å²) >= 11 is 0. The van der Waals surface area contributed by atoms with Crippen molar-refractivity contribution < 1.29 is 19.2 Å². The number of carbonyl (C=O) groups excluding carboxylic acids is 1. The van der Waals surface area contributed by atoms with E-state index in [4.69, 9.17) is 5.11 Å². The molecular formula is C13H18N2O4. The highest BCUT2D eigenvalue weighted by molar-refractivity contribution is 5.78. The summed E-state index contributed by atoms with van der Waals surface area (Å²) in [6, 6.07) is 1.68. The first-order valence-electron chi connectivity index (χ1n) is 6.47. The molecule has 0 saturated heterocycles. The van der Waals surface area contributed by atoms with Crippen LogP contribution in [0.1, 0.15) is 44.2 Å². The van der Waals surface area contributed by atoms with Gasteiger partial charge in [0.25, 0.3) is 0 Å². The van der Waals surface area contributed by atoms with Crippen LogP contribution in [0.15, 0.2) is 16.9 Å². The van der Waals surface area contributed by atoms with E-state index in [0.29, 0.717) is 12.2 Å². The molecule has 1 saturated carbocycles. The lowest BCUT2D eigenvalue weighted by Crippen LogP contribution is -2.31. The molecular weight excluding hydrogens is 248 g/mol. The van der Waals surface area contributed by atoms with Crippen molar-refractivity contribution in [3.05, 3.63) is 18.0 Å². The Hall–Kier alpha value is -1.85. The van der Waals surface area contributed by atoms with Crippen molar-refractivity contribution in [1.29, 1.82) is 0 Å². The van der Waals surface area contributed by atoms with Gasteiger partial charge in [-0.1, -0.05) is 18.0 Å². The van der Waals surface area contributed by atoms with Crippen LogP contribution in [-0.2, 0) is 16.1 Å². The van der Waals surface area contributed by atoms with Gasteiger partial charge in [-0.2, -0.15) is 0 Å². The van der Waals surface area contributed by atoms with Gasteiger partial charge >= 0.3 is 5.97 Å². The van der Waals surface area contributed by atoms with E-state index >= 15 is 0 Å². The molecule has 1 aromatic heterocycles. The zero-order chi connectivity index (χ0) is 13.7. The summed E-state index contributed by atoms with van der Waals surface area (Å²) in [7, 11) is 0. The predicted molar refractivity (Wildman–Crippen MR) is 66.1 cm³/mol. The Morgan fingerprint density at radius 2 is 2.11 bits per heavy atom. The molecule has 0 bridgehead atoms. The highest BCUT2D eigenvalue weighted by atomic mass is 16.5. The third-order valence-electron chi connectivity index (χ3n) is 3.68. The van der Waals surface area contributed by atoms with Gasteiger partial charge in [-0.05, 0) is 18.3 Å². The number of rotatable bonds is 6. The Labute approximate surface area is 111 Å². The van der Waals surface area contributed by atoms with Crippen LogP contribution >= 0.6 is 0 Å². The second-order valence-corrected chi connectivity index (χ2v) is 5.22. The molecule has 6 heteroatoms. The van der Waals surface area contributed by atoms with E-state index in [1.807, 2.05) is 0 Å². The summed E-state index contributed by atoms with van der Waals surface area (Å²) < 4.78 is 4.67. The largest absolute Gasteiger partial charge is 0.481 e. The number of aromatic nitrogens is 1. The Kier molecular flexibility index (Phi) is 4.19. The second kappa shape index (κ2) is 5.86. The topological polar surface area (TPSA) is 92.4 Å². The third-order valence-corrected chi connectivity index (χ3v) is 3.68. The van der Waals surface area contributed by atoms with Crippen LogP contribution in [0.4, 0.5) is 0 Å². The highest BCUT2D eigenvalue weighted by Crippen LogP contribution is 2.43. The van der Waals surface area contributed by atoms with Crippen molar-refractivity contribution in [3.63, 3.8) is 0 Å². The van der Waals surface area contributed by atoms with Crippen LogP contribution in [0.25, 0.3) is 0 Å². The first-order valence-corrected chi connectivity index (χ1v) is 6.47. The Morgan fingerprint density at radius 3 is 2.68 bits per heavy atom. The molecule has 1 fully saturated rings. The summed E-state index contributed by atoms with van der Waals surface area (Å²) in [4.78, 5) is 22.9. The van der Waals surface area contributed by atoms with Gasteiger partial charge in [-0.25, -0.2) is 0 Å². The van der Waals surface area contributed by atoms with Crippen LogP contribution in [0.3, 0.4) is 0 Å². The van der Waals surface area contributed by atoms with E-state index in [2.05, 4.69) is 15.0 Å². The number of hydrogen-bond acceptors (Lipinski definition) is 4. The van der Waals surface area contributed by atoms with E-state index in [0.717, 1.165) is 25.7 Å². The molecule has 0 atom stereocenters. The molecule has 1 amide bonds. The first kappa shape index (κ1) is 13.6. The lowest BCUT2D eigenvalue weighted by atomic mass is 9.79. The van der Waals surface area contributed by atoms with E-state index in [1.165, 1.54) is 6.26 Å². The number of carbonyl (C=O) groups is 2. The third kappa shape index (κ3) is 3.81. The summed E-state index contributed by atoms with van der Waals surface area (Å²) in [5.41, 5.74) is 0.298. The van der Waals surface area contributed by atoms with Crippen molar-refractivity contribution in [3.8, 4) is 0 Å². The van der Waals surface area contributed by atoms with E-state index in [9.17, 15) is 9.59 Å². The molecule has 1 aliphatic rings. The second-order valence-electron chi connectivity index (χ2n) is 5.22. The smallest absolute Gasteiger partial charge is 0.303 e. The molecule has 0 aromatic carbocycles. The van der Waals surface area contributed by atoms with Crippen molar-refractivity contribution in [2.45, 2.75) is 45.1 Å². The Balaban J connectivity index is 1.86. The maximum atomic E-state index is 11.9. The van der Waals surface area contributed by atoms with E-state index in [1.54, 1.807) is 6.07 Å². The van der Waals surface area contributed by atoms with Gasteiger partial charge < -0.3 is 14.9 Å². The molecule has 19 heavy (non-hydrogen) atoms. The molecule has 1 aliphatic carbocycles. The molecule has 1 heterocycles. The normalized spacial score (nSPS) is 17.3. The number of nitrogens with one attached hydrogen (secondary N) is 1. The van der Waals surface area contributed by atoms with Gasteiger partial charge in [-0.3, -0.25) is 9.59 Å². The first-order chi connectivity index (χ1) is 9.10. The summed E-state index contributed by atoms with van der Waals surface area (Å²) in [5.74, 6) is -0.947. The molecule has 0 unspecified atom stereocenters. The van der Waals surface area contributed by atoms with Gasteiger partial charge in [-0.15, -0.1) is 0 Å². The minimum Gasteiger partial charge on any atom is -0.481 e. The van der Waals surface area contributed by atoms with Crippen molar-refractivity contribution in [2.75, 3.05) is 0 Å². The fourth-order valence-electron chi connectivity index (χ4n) is 2.78. The maximum Gasteiger partial charge on any atom is 0.303 e.